The fourth-order valence-electron chi connectivity index (χ4n) is 1.01. The van der Waals surface area contributed by atoms with Gasteiger partial charge in [0.25, 0.3) is 0 Å². The fraction of sp³-hybridized carbons (Fsp3) is 1.00. The molecule has 0 aromatic rings. The van der Waals surface area contributed by atoms with Gasteiger partial charge >= 0.3 is 0 Å². The molecule has 0 radical (unpaired) electrons. The molecule has 0 amide bonds. The molecule has 1 fully saturated rings. The molecule has 0 aromatic heterocycles. The van der Waals surface area contributed by atoms with Crippen LogP contribution in [0.15, 0.2) is 0 Å². The standard InChI is InChI=1S/C6H11IO3/c1-3-6(9)4(8)2-5(7)10-3/h3-6,8-9H,2H2,1H3. The Labute approximate surface area is 73.5 Å². The maximum atomic E-state index is 9.19. The first kappa shape index (κ1) is 8.70. The summed E-state index contributed by atoms with van der Waals surface area (Å²) in [6, 6.07) is 0. The molecule has 0 saturated carbocycles. The highest BCUT2D eigenvalue weighted by molar-refractivity contribution is 14.1. The molecule has 3 nitrogen and oxygen atoms in total. The number of hydrogen-bond acceptors (Lipinski definition) is 3. The summed E-state index contributed by atoms with van der Waals surface area (Å²) in [5.41, 5.74) is 0. The zero-order valence-electron chi connectivity index (χ0n) is 5.70. The summed E-state index contributed by atoms with van der Waals surface area (Å²) in [4.78, 5) is 0. The van der Waals surface area contributed by atoms with Gasteiger partial charge in [-0.05, 0) is 6.92 Å². The lowest BCUT2D eigenvalue weighted by molar-refractivity contribution is -0.133. The summed E-state index contributed by atoms with van der Waals surface area (Å²) < 4.78 is 5.28. The first-order valence-corrected chi connectivity index (χ1v) is 4.51. The number of halogens is 1. The van der Waals surface area contributed by atoms with Crippen molar-refractivity contribution >= 4 is 22.6 Å². The summed E-state index contributed by atoms with van der Waals surface area (Å²) in [6.45, 7) is 1.76. The van der Waals surface area contributed by atoms with Gasteiger partial charge in [0.05, 0.1) is 12.2 Å². The molecule has 4 atom stereocenters. The van der Waals surface area contributed by atoms with Crippen LogP contribution in [-0.2, 0) is 4.74 Å². The van der Waals surface area contributed by atoms with Crippen LogP contribution in [0, 0.1) is 0 Å². The SMILES string of the molecule is CC1OC(I)CC(O)C1O. The quantitative estimate of drug-likeness (QED) is 0.484. The monoisotopic (exact) mass is 258 g/mol. The maximum absolute atomic E-state index is 9.19. The second-order valence-electron chi connectivity index (χ2n) is 2.54. The minimum atomic E-state index is -0.717. The van der Waals surface area contributed by atoms with Crippen molar-refractivity contribution in [3.63, 3.8) is 0 Å². The molecule has 2 N–H and O–H groups in total. The van der Waals surface area contributed by atoms with Crippen molar-refractivity contribution in [1.82, 2.24) is 0 Å². The summed E-state index contributed by atoms with van der Waals surface area (Å²) in [7, 11) is 0. The highest BCUT2D eigenvalue weighted by Crippen LogP contribution is 2.23. The first-order valence-electron chi connectivity index (χ1n) is 3.27. The Morgan fingerprint density at radius 1 is 1.50 bits per heavy atom. The third-order valence-corrected chi connectivity index (χ3v) is 2.47. The molecule has 0 aromatic carbocycles. The highest BCUT2D eigenvalue weighted by Gasteiger charge is 2.32. The van der Waals surface area contributed by atoms with Crippen LogP contribution in [0.4, 0.5) is 0 Å². The van der Waals surface area contributed by atoms with Crippen LogP contribution in [0.5, 0.6) is 0 Å². The van der Waals surface area contributed by atoms with E-state index in [1.54, 1.807) is 6.92 Å². The van der Waals surface area contributed by atoms with Gasteiger partial charge in [0.1, 0.15) is 10.2 Å². The van der Waals surface area contributed by atoms with Crippen LogP contribution >= 0.6 is 22.6 Å². The van der Waals surface area contributed by atoms with Crippen molar-refractivity contribution in [2.24, 2.45) is 0 Å². The van der Waals surface area contributed by atoms with Crippen LogP contribution in [-0.4, -0.2) is 32.6 Å². The maximum Gasteiger partial charge on any atom is 0.111 e. The minimum Gasteiger partial charge on any atom is -0.390 e. The number of alkyl halides is 1. The normalized spacial score (nSPS) is 49.2. The van der Waals surface area contributed by atoms with Gasteiger partial charge in [0.15, 0.2) is 0 Å². The van der Waals surface area contributed by atoms with Gasteiger partial charge in [-0.2, -0.15) is 0 Å². The molecule has 10 heavy (non-hydrogen) atoms. The topological polar surface area (TPSA) is 49.7 Å². The van der Waals surface area contributed by atoms with E-state index in [1.165, 1.54) is 0 Å². The second-order valence-corrected chi connectivity index (χ2v) is 3.93. The predicted octanol–water partition coefficient (Wildman–Crippen LogP) is 0.278. The molecule has 1 aliphatic heterocycles. The zero-order chi connectivity index (χ0) is 7.72. The lowest BCUT2D eigenvalue weighted by atomic mass is 10.0. The molecule has 1 rings (SSSR count). The van der Waals surface area contributed by atoms with Gasteiger partial charge in [-0.15, -0.1) is 0 Å². The van der Waals surface area contributed by atoms with E-state index in [9.17, 15) is 10.2 Å². The minimum absolute atomic E-state index is 0.0333. The van der Waals surface area contributed by atoms with Crippen molar-refractivity contribution in [3.05, 3.63) is 0 Å². The molecular weight excluding hydrogens is 247 g/mol. The first-order chi connectivity index (χ1) is 4.61. The van der Waals surface area contributed by atoms with Crippen molar-refractivity contribution in [3.8, 4) is 0 Å². The Morgan fingerprint density at radius 2 is 2.10 bits per heavy atom. The Balaban J connectivity index is 2.49. The van der Waals surface area contributed by atoms with E-state index in [4.69, 9.17) is 4.74 Å². The Morgan fingerprint density at radius 3 is 2.60 bits per heavy atom. The van der Waals surface area contributed by atoms with E-state index in [2.05, 4.69) is 22.6 Å². The average molecular weight is 258 g/mol. The molecule has 0 aliphatic carbocycles. The van der Waals surface area contributed by atoms with E-state index < -0.39 is 12.2 Å². The molecule has 0 spiro atoms. The van der Waals surface area contributed by atoms with Crippen LogP contribution in [0.2, 0.25) is 0 Å². The summed E-state index contributed by atoms with van der Waals surface area (Å²) >= 11 is 2.10. The lowest BCUT2D eigenvalue weighted by Gasteiger charge is -2.32. The lowest BCUT2D eigenvalue weighted by Crippen LogP contribution is -2.44. The van der Waals surface area contributed by atoms with Crippen molar-refractivity contribution < 1.29 is 14.9 Å². The molecule has 1 aliphatic rings. The van der Waals surface area contributed by atoms with E-state index in [-0.39, 0.29) is 10.2 Å². The fourth-order valence-corrected chi connectivity index (χ4v) is 2.00. The van der Waals surface area contributed by atoms with Gasteiger partial charge in [-0.1, -0.05) is 22.6 Å². The summed E-state index contributed by atoms with van der Waals surface area (Å²) in [5.74, 6) is 0. The van der Waals surface area contributed by atoms with Gasteiger partial charge in [-0.25, -0.2) is 0 Å². The van der Waals surface area contributed by atoms with E-state index in [0.29, 0.717) is 6.42 Å². The van der Waals surface area contributed by atoms with Crippen molar-refractivity contribution in [2.75, 3.05) is 0 Å². The van der Waals surface area contributed by atoms with Crippen LogP contribution in [0.25, 0.3) is 0 Å². The molecule has 1 saturated heterocycles. The number of rotatable bonds is 0. The van der Waals surface area contributed by atoms with Crippen LogP contribution < -0.4 is 0 Å². The van der Waals surface area contributed by atoms with Gasteiger partial charge in [0, 0.05) is 6.42 Å². The highest BCUT2D eigenvalue weighted by atomic mass is 127. The van der Waals surface area contributed by atoms with E-state index in [0.717, 1.165) is 0 Å². The summed E-state index contributed by atoms with van der Waals surface area (Å²) in [5, 5.41) is 18.4. The number of aliphatic hydroxyl groups is 2. The molecular formula is C6H11IO3. The number of hydrogen-bond donors (Lipinski definition) is 2. The second kappa shape index (κ2) is 3.34. The molecule has 0 bridgehead atoms. The predicted molar refractivity (Wildman–Crippen MR) is 45.0 cm³/mol. The van der Waals surface area contributed by atoms with E-state index >= 15 is 0 Å². The van der Waals surface area contributed by atoms with Crippen LogP contribution in [0.3, 0.4) is 0 Å². The Kier molecular flexibility index (Phi) is 2.91. The third kappa shape index (κ3) is 1.81. The van der Waals surface area contributed by atoms with Crippen molar-refractivity contribution in [1.29, 1.82) is 0 Å². The molecule has 4 unspecified atom stereocenters. The molecule has 1 heterocycles. The molecule has 4 heteroatoms. The Bertz CT molecular complexity index is 108. The van der Waals surface area contributed by atoms with Gasteiger partial charge < -0.3 is 14.9 Å². The van der Waals surface area contributed by atoms with Gasteiger partial charge in [0.2, 0.25) is 0 Å². The smallest absolute Gasteiger partial charge is 0.111 e. The van der Waals surface area contributed by atoms with E-state index in [1.807, 2.05) is 0 Å². The Hall–Kier alpha value is 0.610. The molecule has 60 valence electrons. The summed E-state index contributed by atoms with van der Waals surface area (Å²) in [6.07, 6.45) is -1.06. The van der Waals surface area contributed by atoms with Crippen LogP contribution in [0.1, 0.15) is 13.3 Å². The third-order valence-electron chi connectivity index (χ3n) is 1.66. The van der Waals surface area contributed by atoms with Crippen molar-refractivity contribution in [2.45, 2.75) is 35.8 Å². The average Bonchev–Trinajstić information content (AvgIpc) is 1.82. The zero-order valence-corrected chi connectivity index (χ0v) is 7.85. The number of aliphatic hydroxyl groups excluding tert-OH is 2. The number of ether oxygens (including phenoxy) is 1. The largest absolute Gasteiger partial charge is 0.390 e. The van der Waals surface area contributed by atoms with Gasteiger partial charge in [-0.3, -0.25) is 0 Å².